The maximum absolute atomic E-state index is 13.8. The first-order valence-corrected chi connectivity index (χ1v) is 11.8. The Morgan fingerprint density at radius 2 is 2.00 bits per heavy atom. The van der Waals surface area contributed by atoms with Crippen molar-refractivity contribution in [3.63, 3.8) is 0 Å². The average molecular weight is 517 g/mol. The Balaban J connectivity index is 1.69. The van der Waals surface area contributed by atoms with Crippen LogP contribution in [0.25, 0.3) is 0 Å². The first kappa shape index (κ1) is 26.1. The minimum absolute atomic E-state index is 0.0279. The quantitative estimate of drug-likeness (QED) is 0.462. The number of carbonyl (C=O) groups excluding carboxylic acids is 2. The maximum atomic E-state index is 13.8. The van der Waals surface area contributed by atoms with Crippen LogP contribution in [0.1, 0.15) is 42.5 Å². The van der Waals surface area contributed by atoms with Gasteiger partial charge in [0, 0.05) is 25.7 Å². The molecule has 0 saturated carbocycles. The van der Waals surface area contributed by atoms with Crippen molar-refractivity contribution in [1.29, 1.82) is 0 Å². The minimum atomic E-state index is -4.61. The van der Waals surface area contributed by atoms with Crippen LogP contribution in [0.4, 0.5) is 30.4 Å². The number of hydrogen-bond acceptors (Lipinski definition) is 7. The van der Waals surface area contributed by atoms with Gasteiger partial charge in [-0.15, -0.1) is 0 Å². The fraction of sp³-hybridized carbons (Fsp3) is 0.400. The molecule has 0 bridgehead atoms. The lowest BCUT2D eigenvalue weighted by atomic mass is 10.1. The number of anilines is 3. The summed E-state index contributed by atoms with van der Waals surface area (Å²) in [4.78, 5) is 39.3. The van der Waals surface area contributed by atoms with Crippen molar-refractivity contribution in [2.75, 3.05) is 28.3 Å². The number of alkyl halides is 3. The molecule has 2 aromatic heterocycles. The molecule has 1 fully saturated rings. The SMILES string of the molecule is CCN(Cc1ncno1)c1c(C)cccc1N(C)C(=O)[C@@H]1CCC(=O)N1c1cc(C(F)(F)F)cc(C)n1. The van der Waals surface area contributed by atoms with Gasteiger partial charge in [0.1, 0.15) is 11.9 Å². The van der Waals surface area contributed by atoms with E-state index in [0.717, 1.165) is 28.3 Å². The summed E-state index contributed by atoms with van der Waals surface area (Å²) < 4.78 is 45.5. The molecule has 3 heterocycles. The summed E-state index contributed by atoms with van der Waals surface area (Å²) in [5.41, 5.74) is 1.43. The number of aryl methyl sites for hydroxylation is 2. The zero-order chi connectivity index (χ0) is 26.9. The van der Waals surface area contributed by atoms with Gasteiger partial charge in [-0.3, -0.25) is 14.5 Å². The van der Waals surface area contributed by atoms with Gasteiger partial charge in [0.2, 0.25) is 17.7 Å². The van der Waals surface area contributed by atoms with E-state index < -0.39 is 29.6 Å². The van der Waals surface area contributed by atoms with Crippen LogP contribution in [0.3, 0.4) is 0 Å². The number of carbonyl (C=O) groups is 2. The van der Waals surface area contributed by atoms with Gasteiger partial charge in [-0.25, -0.2) is 4.98 Å². The molecule has 0 spiro atoms. The van der Waals surface area contributed by atoms with Crippen molar-refractivity contribution in [3.05, 3.63) is 59.4 Å². The fourth-order valence-electron chi connectivity index (χ4n) is 4.59. The molecular weight excluding hydrogens is 489 g/mol. The molecule has 1 aliphatic rings. The van der Waals surface area contributed by atoms with Crippen molar-refractivity contribution in [2.24, 2.45) is 0 Å². The molecule has 1 saturated heterocycles. The molecular formula is C25H27F3N6O3. The number of rotatable bonds is 7. The number of nitrogens with zero attached hydrogens (tertiary/aromatic N) is 6. The molecule has 1 atom stereocenters. The first-order chi connectivity index (χ1) is 17.5. The molecule has 0 radical (unpaired) electrons. The third-order valence-electron chi connectivity index (χ3n) is 6.35. The normalized spacial score (nSPS) is 15.8. The molecule has 1 aromatic carbocycles. The smallest absolute Gasteiger partial charge is 0.361 e. The average Bonchev–Trinajstić information content (AvgIpc) is 3.50. The number of aromatic nitrogens is 3. The number of benzene rings is 1. The van der Waals surface area contributed by atoms with Crippen molar-refractivity contribution in [2.45, 2.75) is 52.4 Å². The molecule has 4 rings (SSSR count). The minimum Gasteiger partial charge on any atom is -0.361 e. The third-order valence-corrected chi connectivity index (χ3v) is 6.35. The summed E-state index contributed by atoms with van der Waals surface area (Å²) in [5.74, 6) is -0.654. The number of amides is 2. The van der Waals surface area contributed by atoms with Gasteiger partial charge in [-0.2, -0.15) is 18.2 Å². The van der Waals surface area contributed by atoms with Gasteiger partial charge >= 0.3 is 6.18 Å². The van der Waals surface area contributed by atoms with Gasteiger partial charge in [-0.05, 0) is 51.0 Å². The van der Waals surface area contributed by atoms with Crippen molar-refractivity contribution in [1.82, 2.24) is 15.1 Å². The van der Waals surface area contributed by atoms with Gasteiger partial charge in [0.15, 0.2) is 6.33 Å². The van der Waals surface area contributed by atoms with Gasteiger partial charge in [0.05, 0.1) is 23.5 Å². The number of halogens is 3. The molecule has 0 unspecified atom stereocenters. The number of pyridine rings is 1. The van der Waals surface area contributed by atoms with Gasteiger partial charge < -0.3 is 14.3 Å². The lowest BCUT2D eigenvalue weighted by molar-refractivity contribution is -0.137. The predicted molar refractivity (Wildman–Crippen MR) is 130 cm³/mol. The highest BCUT2D eigenvalue weighted by atomic mass is 19.4. The Labute approximate surface area is 211 Å². The Hall–Kier alpha value is -3.96. The van der Waals surface area contributed by atoms with E-state index in [0.29, 0.717) is 24.7 Å². The van der Waals surface area contributed by atoms with Crippen LogP contribution in [0.5, 0.6) is 0 Å². The predicted octanol–water partition coefficient (Wildman–Crippen LogP) is 4.29. The number of likely N-dealkylation sites (N-methyl/N-ethyl adjacent to an activating group) is 1. The molecule has 1 aliphatic heterocycles. The molecule has 9 nitrogen and oxygen atoms in total. The zero-order valence-corrected chi connectivity index (χ0v) is 20.9. The first-order valence-electron chi connectivity index (χ1n) is 11.8. The van der Waals surface area contributed by atoms with Crippen LogP contribution in [-0.4, -0.2) is 46.6 Å². The molecule has 0 N–H and O–H groups in total. The zero-order valence-electron chi connectivity index (χ0n) is 20.9. The number of para-hydroxylation sites is 1. The summed E-state index contributed by atoms with van der Waals surface area (Å²) in [6.45, 7) is 6.17. The van der Waals surface area contributed by atoms with E-state index in [1.165, 1.54) is 18.2 Å². The van der Waals surface area contributed by atoms with Crippen LogP contribution in [0, 0.1) is 13.8 Å². The topological polar surface area (TPSA) is 95.7 Å². The van der Waals surface area contributed by atoms with Crippen LogP contribution >= 0.6 is 0 Å². The Bertz CT molecular complexity index is 1300. The summed E-state index contributed by atoms with van der Waals surface area (Å²) in [7, 11) is 1.59. The highest BCUT2D eigenvalue weighted by Gasteiger charge is 2.41. The second-order valence-corrected chi connectivity index (χ2v) is 8.86. The third kappa shape index (κ3) is 5.27. The summed E-state index contributed by atoms with van der Waals surface area (Å²) in [6, 6.07) is 6.24. The van der Waals surface area contributed by atoms with E-state index in [-0.39, 0.29) is 24.4 Å². The molecule has 196 valence electrons. The highest BCUT2D eigenvalue weighted by molar-refractivity contribution is 6.09. The van der Waals surface area contributed by atoms with Crippen LogP contribution < -0.4 is 14.7 Å². The molecule has 0 aliphatic carbocycles. The molecule has 3 aromatic rings. The van der Waals surface area contributed by atoms with E-state index in [9.17, 15) is 22.8 Å². The highest BCUT2D eigenvalue weighted by Crippen LogP contribution is 2.37. The van der Waals surface area contributed by atoms with Crippen LogP contribution in [-0.2, 0) is 22.3 Å². The van der Waals surface area contributed by atoms with Crippen LogP contribution in [0.15, 0.2) is 41.2 Å². The molecule has 37 heavy (non-hydrogen) atoms. The monoisotopic (exact) mass is 516 g/mol. The van der Waals surface area contributed by atoms with Gasteiger partial charge in [-0.1, -0.05) is 17.3 Å². The Morgan fingerprint density at radius 3 is 2.65 bits per heavy atom. The van der Waals surface area contributed by atoms with Crippen molar-refractivity contribution in [3.8, 4) is 0 Å². The van der Waals surface area contributed by atoms with E-state index >= 15 is 0 Å². The summed E-state index contributed by atoms with van der Waals surface area (Å²) in [6.07, 6.45) is -3.10. The van der Waals surface area contributed by atoms with E-state index in [2.05, 4.69) is 15.1 Å². The summed E-state index contributed by atoms with van der Waals surface area (Å²) in [5, 5.41) is 3.64. The van der Waals surface area contributed by atoms with Gasteiger partial charge in [0.25, 0.3) is 0 Å². The largest absolute Gasteiger partial charge is 0.416 e. The van der Waals surface area contributed by atoms with E-state index in [1.807, 2.05) is 30.9 Å². The Kier molecular flexibility index (Phi) is 7.19. The van der Waals surface area contributed by atoms with E-state index in [4.69, 9.17) is 4.52 Å². The summed E-state index contributed by atoms with van der Waals surface area (Å²) >= 11 is 0. The lowest BCUT2D eigenvalue weighted by Gasteiger charge is -2.32. The van der Waals surface area contributed by atoms with Crippen molar-refractivity contribution < 1.29 is 27.3 Å². The second kappa shape index (κ2) is 10.2. The maximum Gasteiger partial charge on any atom is 0.416 e. The number of hydrogen-bond donors (Lipinski definition) is 0. The molecule has 12 heteroatoms. The van der Waals surface area contributed by atoms with Crippen LogP contribution in [0.2, 0.25) is 0 Å². The Morgan fingerprint density at radius 1 is 1.24 bits per heavy atom. The fourth-order valence-corrected chi connectivity index (χ4v) is 4.59. The second-order valence-electron chi connectivity index (χ2n) is 8.86. The van der Waals surface area contributed by atoms with Crippen molar-refractivity contribution >= 4 is 29.0 Å². The standard InChI is InChI=1S/C25H27F3N6O3/c1-5-33(13-21-29-14-30-37-21)23-15(2)7-6-8-18(23)32(4)24(36)19-9-10-22(35)34(19)20-12-17(25(26,27)28)11-16(3)31-20/h6-8,11-12,14,19H,5,9-10,13H2,1-4H3/t19-/m0/s1. The van der Waals surface area contributed by atoms with E-state index in [1.54, 1.807) is 13.1 Å². The lowest BCUT2D eigenvalue weighted by Crippen LogP contribution is -2.46. The molecule has 2 amide bonds.